The highest BCUT2D eigenvalue weighted by Crippen LogP contribution is 2.49. The Morgan fingerprint density at radius 3 is 1.80 bits per heavy atom. The number of para-hydroxylation sites is 1. The number of hydrogen-bond donors (Lipinski definition) is 0. The molecule has 6 aromatic rings. The van der Waals surface area contributed by atoms with Gasteiger partial charge in [-0.25, -0.2) is 0 Å². The predicted molar refractivity (Wildman–Crippen MR) is 217 cm³/mol. The fourth-order valence-electron chi connectivity index (χ4n) is 7.53. The molecule has 2 aliphatic rings. The van der Waals surface area contributed by atoms with Crippen molar-refractivity contribution >= 4 is 78.0 Å². The maximum Gasteiger partial charge on any atom is 0.264 e. The van der Waals surface area contributed by atoms with Crippen molar-refractivity contribution in [3.05, 3.63) is 125 Å². The molecule has 5 aromatic carbocycles. The number of aryl methyl sites for hydroxylation is 1. The van der Waals surface area contributed by atoms with E-state index in [2.05, 4.69) is 147 Å². The fraction of sp³-hybridized carbons (Fsp3) is 0.289. The molecule has 0 N–H and O–H groups in total. The summed E-state index contributed by atoms with van der Waals surface area (Å²) >= 11 is 1.84. The molecule has 0 unspecified atom stereocenters. The third kappa shape index (κ3) is 5.14. The average Bonchev–Trinajstić information content (AvgIpc) is 3.48. The number of nitrogens with zero attached hydrogens (tertiary/aromatic N) is 2. The Morgan fingerprint density at radius 2 is 1.16 bits per heavy atom. The van der Waals surface area contributed by atoms with Gasteiger partial charge in [0.25, 0.3) is 6.71 Å². The monoisotopic (exact) mass is 663 g/mol. The van der Waals surface area contributed by atoms with Crippen molar-refractivity contribution in [3.8, 4) is 0 Å². The molecule has 2 nitrogen and oxygen atoms in total. The van der Waals surface area contributed by atoms with Crippen molar-refractivity contribution in [3.63, 3.8) is 0 Å². The molecule has 0 radical (unpaired) electrons. The third-order valence-electron chi connectivity index (χ3n) is 10.2. The van der Waals surface area contributed by atoms with Crippen LogP contribution in [-0.4, -0.2) is 6.71 Å². The number of anilines is 6. The van der Waals surface area contributed by atoms with Crippen LogP contribution >= 0.6 is 11.3 Å². The molecule has 0 atom stereocenters. The zero-order valence-electron chi connectivity index (χ0n) is 35.3. The van der Waals surface area contributed by atoms with Crippen LogP contribution < -0.4 is 25.5 Å². The number of benzene rings is 5. The first kappa shape index (κ1) is 26.6. The van der Waals surface area contributed by atoms with Crippen LogP contribution in [-0.2, 0) is 16.2 Å². The average molecular weight is 664 g/mol. The Labute approximate surface area is 304 Å². The van der Waals surface area contributed by atoms with Gasteiger partial charge in [-0.2, -0.15) is 0 Å². The second-order valence-electron chi connectivity index (χ2n) is 16.9. The van der Waals surface area contributed by atoms with Crippen molar-refractivity contribution < 1.29 is 6.85 Å². The minimum Gasteiger partial charge on any atom is -0.311 e. The van der Waals surface area contributed by atoms with E-state index >= 15 is 0 Å². The highest BCUT2D eigenvalue weighted by molar-refractivity contribution is 7.33. The summed E-state index contributed by atoms with van der Waals surface area (Å²) in [6.07, 6.45) is 0. The largest absolute Gasteiger partial charge is 0.311 e. The molecule has 4 heteroatoms. The van der Waals surface area contributed by atoms with Gasteiger partial charge in [-0.05, 0) is 111 Å². The molecule has 3 heterocycles. The Morgan fingerprint density at radius 1 is 0.592 bits per heavy atom. The second-order valence-corrected chi connectivity index (χ2v) is 18.0. The van der Waals surface area contributed by atoms with Crippen LogP contribution in [0.4, 0.5) is 34.1 Å². The first-order chi connectivity index (χ1) is 25.2. The molecule has 0 amide bonds. The van der Waals surface area contributed by atoms with Gasteiger partial charge >= 0.3 is 0 Å². The molecule has 0 bridgehead atoms. The van der Waals surface area contributed by atoms with Gasteiger partial charge in [0.05, 0.1) is 12.5 Å². The Balaban J connectivity index is 1.53. The van der Waals surface area contributed by atoms with Crippen molar-refractivity contribution in [1.82, 2.24) is 0 Å². The fourth-order valence-corrected chi connectivity index (χ4v) is 8.83. The first-order valence-corrected chi connectivity index (χ1v) is 18.1. The van der Waals surface area contributed by atoms with E-state index in [1.54, 1.807) is 0 Å². The SMILES string of the molecule is [2H]c1c([2H])c([2H])c(N2c3ccc(C(C)(C)C)cc3B3c4sc5ccc(C(C)(C)C)cc5c4N(c4ccc(C(C)(C)C)cc4)c4cc(C)cc2c43)c([2H])c1[2H]. The van der Waals surface area contributed by atoms with E-state index in [9.17, 15) is 2.74 Å². The predicted octanol–water partition coefficient (Wildman–Crippen LogP) is 11.2. The van der Waals surface area contributed by atoms with E-state index in [1.165, 1.54) is 37.2 Å². The zero-order chi connectivity index (χ0) is 39.0. The summed E-state index contributed by atoms with van der Waals surface area (Å²) in [6, 6.07) is 25.3. The van der Waals surface area contributed by atoms with Crippen molar-refractivity contribution in [2.24, 2.45) is 0 Å². The van der Waals surface area contributed by atoms with Crippen LogP contribution in [0.5, 0.6) is 0 Å². The Hall–Kier alpha value is -4.28. The van der Waals surface area contributed by atoms with Crippen molar-refractivity contribution in [2.75, 3.05) is 9.80 Å². The molecule has 2 aliphatic heterocycles. The number of rotatable bonds is 2. The number of hydrogen-bond acceptors (Lipinski definition) is 3. The molecule has 1 aromatic heterocycles. The van der Waals surface area contributed by atoms with E-state index in [4.69, 9.17) is 4.11 Å². The Bertz CT molecular complexity index is 2510. The Kier molecular flexibility index (Phi) is 5.89. The molecule has 246 valence electrons. The molecule has 0 saturated carbocycles. The maximum atomic E-state index is 9.20. The summed E-state index contributed by atoms with van der Waals surface area (Å²) in [5.74, 6) is 0. The summed E-state index contributed by atoms with van der Waals surface area (Å²) in [4.78, 5) is 4.37. The van der Waals surface area contributed by atoms with Crippen molar-refractivity contribution in [1.29, 1.82) is 0 Å². The van der Waals surface area contributed by atoms with Gasteiger partial charge in [-0.1, -0.05) is 111 Å². The quantitative estimate of drug-likeness (QED) is 0.170. The van der Waals surface area contributed by atoms with E-state index < -0.39 is 6.04 Å². The molecule has 8 rings (SSSR count). The van der Waals surface area contributed by atoms with Gasteiger partial charge in [0, 0.05) is 43.3 Å². The highest BCUT2D eigenvalue weighted by atomic mass is 32.1. The van der Waals surface area contributed by atoms with Crippen LogP contribution in [0, 0.1) is 6.92 Å². The summed E-state index contributed by atoms with van der Waals surface area (Å²) < 4.78 is 46.7. The van der Waals surface area contributed by atoms with Gasteiger partial charge < -0.3 is 9.80 Å². The number of fused-ring (bicyclic) bond motifs is 6. The lowest BCUT2D eigenvalue weighted by Gasteiger charge is -2.44. The summed E-state index contributed by atoms with van der Waals surface area (Å²) in [5, 5.41) is 1.22. The maximum absolute atomic E-state index is 9.20. The van der Waals surface area contributed by atoms with Crippen molar-refractivity contribution in [2.45, 2.75) is 85.5 Å². The highest BCUT2D eigenvalue weighted by Gasteiger charge is 2.45. The van der Waals surface area contributed by atoms with E-state index in [-0.39, 0.29) is 52.8 Å². The minimum absolute atomic E-state index is 0.00518. The molecule has 49 heavy (non-hydrogen) atoms. The van der Waals surface area contributed by atoms with Crippen LogP contribution in [0.25, 0.3) is 10.1 Å². The molecule has 0 spiro atoms. The van der Waals surface area contributed by atoms with Crippen LogP contribution in [0.15, 0.2) is 103 Å². The molecular formula is C45H47BN2S. The van der Waals surface area contributed by atoms with E-state index in [1.807, 2.05) is 16.2 Å². The van der Waals surface area contributed by atoms with Gasteiger partial charge in [0.2, 0.25) is 0 Å². The normalized spacial score (nSPS) is 15.6. The number of thiophene rings is 1. The van der Waals surface area contributed by atoms with Gasteiger partial charge in [0.1, 0.15) is 0 Å². The van der Waals surface area contributed by atoms with Crippen LogP contribution in [0.1, 0.15) is 91.4 Å². The van der Waals surface area contributed by atoms with Crippen LogP contribution in [0.3, 0.4) is 0 Å². The standard InChI is InChI=1S/C45H47BN2S/c1-28-24-37-40-38(25-28)48(33-20-16-29(17-21-33)43(2,3)4)41-34-26-30(44(5,6)7)19-23-39(34)49-42(41)46(40)35-27-31(45(8,9)10)18-22-36(35)47(37)32-14-12-11-13-15-32/h11-27H,1-10H3/i11D,12D,13D,14D,15D. The summed E-state index contributed by atoms with van der Waals surface area (Å²) in [5.41, 5.74) is 11.8. The van der Waals surface area contributed by atoms with E-state index in [0.717, 1.165) is 39.2 Å². The molecule has 0 saturated heterocycles. The second kappa shape index (κ2) is 10.9. The third-order valence-corrected chi connectivity index (χ3v) is 11.5. The first-order valence-electron chi connectivity index (χ1n) is 19.8. The molecule has 0 aliphatic carbocycles. The van der Waals surface area contributed by atoms with Gasteiger partial charge in [0.15, 0.2) is 0 Å². The minimum atomic E-state index is -0.396. The topological polar surface area (TPSA) is 6.48 Å². The smallest absolute Gasteiger partial charge is 0.264 e. The van der Waals surface area contributed by atoms with E-state index in [0.29, 0.717) is 0 Å². The van der Waals surface area contributed by atoms with Gasteiger partial charge in [-0.15, -0.1) is 11.3 Å². The lowest BCUT2D eigenvalue weighted by Crippen LogP contribution is -2.60. The lowest BCUT2D eigenvalue weighted by atomic mass is 9.36. The zero-order valence-corrected chi connectivity index (χ0v) is 31.1. The lowest BCUT2D eigenvalue weighted by molar-refractivity contribution is 0.590. The van der Waals surface area contributed by atoms with Crippen LogP contribution in [0.2, 0.25) is 0 Å². The summed E-state index contributed by atoms with van der Waals surface area (Å²) in [7, 11) is 0. The van der Waals surface area contributed by atoms with Gasteiger partial charge in [-0.3, -0.25) is 0 Å². The summed E-state index contributed by atoms with van der Waals surface area (Å²) in [6.45, 7) is 22.1. The molecule has 0 fully saturated rings. The molecular weight excluding hydrogens is 611 g/mol.